The molecule has 0 radical (unpaired) electrons. The second-order valence-electron chi connectivity index (χ2n) is 8.66. The normalized spacial score (nSPS) is 20.1. The summed E-state index contributed by atoms with van der Waals surface area (Å²) in [5.41, 5.74) is 2.57. The van der Waals surface area contributed by atoms with E-state index in [1.54, 1.807) is 7.05 Å². The summed E-state index contributed by atoms with van der Waals surface area (Å²) in [6, 6.07) is 8.78. The van der Waals surface area contributed by atoms with Crippen molar-refractivity contribution in [1.82, 2.24) is 15.5 Å². The van der Waals surface area contributed by atoms with Gasteiger partial charge in [-0.05, 0) is 36.8 Å². The molecule has 6 heteroatoms. The molecule has 1 aromatic carbocycles. The summed E-state index contributed by atoms with van der Waals surface area (Å²) >= 11 is 0. The molecule has 1 saturated carbocycles. The molecule has 3 N–H and O–H groups in total. The summed E-state index contributed by atoms with van der Waals surface area (Å²) < 4.78 is 6.04. The molecule has 0 bridgehead atoms. The first-order chi connectivity index (χ1) is 14.7. The van der Waals surface area contributed by atoms with Gasteiger partial charge in [-0.1, -0.05) is 49.9 Å². The average Bonchev–Trinajstić information content (AvgIpc) is 3.05. The zero-order chi connectivity index (χ0) is 21.0. The molecule has 1 aliphatic heterocycles. The largest absolute Gasteiger partial charge is 0.393 e. The predicted octanol–water partition coefficient (Wildman–Crippen LogP) is 3.05. The smallest absolute Gasteiger partial charge is 0.191 e. The second kappa shape index (κ2) is 12.9. The highest BCUT2D eigenvalue weighted by molar-refractivity contribution is 5.79. The topological polar surface area (TPSA) is 69.1 Å². The minimum absolute atomic E-state index is 0.110. The number of benzene rings is 1. The summed E-state index contributed by atoms with van der Waals surface area (Å²) in [6.07, 6.45) is 9.86. The molecule has 0 atom stereocenters. The lowest BCUT2D eigenvalue weighted by Gasteiger charge is -2.29. The quantitative estimate of drug-likeness (QED) is 0.263. The van der Waals surface area contributed by atoms with Gasteiger partial charge in [-0.25, -0.2) is 0 Å². The molecule has 0 aromatic heterocycles. The SMILES string of the molecule is CN=C(NCCOC1CCCCCC1)NCc1ccc(CN2CCC(O)CC2)cc1. The van der Waals surface area contributed by atoms with Crippen LogP contribution in [0, 0.1) is 0 Å². The number of aliphatic imine (C=N–C) groups is 1. The number of rotatable bonds is 8. The number of nitrogens with one attached hydrogen (secondary N) is 2. The standard InChI is InChI=1S/C24H40N4O2/c1-25-24(26-14-17-30-23-6-4-2-3-5-7-23)27-18-20-8-10-21(11-9-20)19-28-15-12-22(29)13-16-28/h8-11,22-23,29H,2-7,12-19H2,1H3,(H2,25,26,27). The van der Waals surface area contributed by atoms with Crippen LogP contribution in [0.25, 0.3) is 0 Å². The van der Waals surface area contributed by atoms with Gasteiger partial charge >= 0.3 is 0 Å². The maximum atomic E-state index is 9.64. The van der Waals surface area contributed by atoms with Crippen LogP contribution in [0.15, 0.2) is 29.3 Å². The maximum absolute atomic E-state index is 9.64. The lowest BCUT2D eigenvalue weighted by molar-refractivity contribution is 0.0468. The molecule has 168 valence electrons. The Balaban J connectivity index is 1.32. The fourth-order valence-corrected chi connectivity index (χ4v) is 4.31. The van der Waals surface area contributed by atoms with Crippen molar-refractivity contribution in [2.45, 2.75) is 76.7 Å². The van der Waals surface area contributed by atoms with E-state index in [1.807, 2.05) is 0 Å². The molecule has 0 spiro atoms. The summed E-state index contributed by atoms with van der Waals surface area (Å²) in [5.74, 6) is 0.815. The van der Waals surface area contributed by atoms with E-state index in [0.29, 0.717) is 6.10 Å². The Kier molecular flexibility index (Phi) is 9.93. The third kappa shape index (κ3) is 8.25. The average molecular weight is 417 g/mol. The number of aliphatic hydroxyl groups is 1. The number of guanidine groups is 1. The van der Waals surface area contributed by atoms with Crippen LogP contribution in [0.3, 0.4) is 0 Å². The molecule has 0 unspecified atom stereocenters. The summed E-state index contributed by atoms with van der Waals surface area (Å²) in [5, 5.41) is 16.4. The predicted molar refractivity (Wildman–Crippen MR) is 123 cm³/mol. The summed E-state index contributed by atoms with van der Waals surface area (Å²) in [6.45, 7) is 5.19. The molecule has 3 rings (SSSR count). The van der Waals surface area contributed by atoms with Crippen molar-refractivity contribution in [3.8, 4) is 0 Å². The fourth-order valence-electron chi connectivity index (χ4n) is 4.31. The van der Waals surface area contributed by atoms with Crippen LogP contribution in [-0.4, -0.2) is 61.5 Å². The second-order valence-corrected chi connectivity index (χ2v) is 8.66. The summed E-state index contributed by atoms with van der Waals surface area (Å²) in [4.78, 5) is 6.73. The molecule has 1 saturated heterocycles. The Labute approximate surface area is 182 Å². The van der Waals surface area contributed by atoms with E-state index in [2.05, 4.69) is 44.8 Å². The van der Waals surface area contributed by atoms with E-state index < -0.39 is 0 Å². The van der Waals surface area contributed by atoms with Crippen LogP contribution >= 0.6 is 0 Å². The Hall–Kier alpha value is -1.63. The third-order valence-corrected chi connectivity index (χ3v) is 6.22. The Morgan fingerprint density at radius 2 is 1.67 bits per heavy atom. The highest BCUT2D eigenvalue weighted by atomic mass is 16.5. The van der Waals surface area contributed by atoms with Gasteiger partial charge in [0.05, 0.1) is 18.8 Å². The Morgan fingerprint density at radius 1 is 1.00 bits per heavy atom. The van der Waals surface area contributed by atoms with Gasteiger partial charge < -0.3 is 20.5 Å². The van der Waals surface area contributed by atoms with E-state index in [1.165, 1.54) is 49.7 Å². The van der Waals surface area contributed by atoms with Gasteiger partial charge in [0.15, 0.2) is 5.96 Å². The molecule has 30 heavy (non-hydrogen) atoms. The van der Waals surface area contributed by atoms with Crippen LogP contribution in [0.4, 0.5) is 0 Å². The van der Waals surface area contributed by atoms with Gasteiger partial charge in [-0.15, -0.1) is 0 Å². The molecule has 1 aliphatic carbocycles. The monoisotopic (exact) mass is 416 g/mol. The van der Waals surface area contributed by atoms with Gasteiger partial charge in [-0.2, -0.15) is 0 Å². The molecular weight excluding hydrogens is 376 g/mol. The van der Waals surface area contributed by atoms with Crippen molar-refractivity contribution < 1.29 is 9.84 Å². The van der Waals surface area contributed by atoms with Gasteiger partial charge in [0.2, 0.25) is 0 Å². The molecule has 1 aromatic rings. The van der Waals surface area contributed by atoms with Gasteiger partial charge in [-0.3, -0.25) is 9.89 Å². The van der Waals surface area contributed by atoms with Gasteiger partial charge in [0.25, 0.3) is 0 Å². The zero-order valence-corrected chi connectivity index (χ0v) is 18.6. The molecule has 1 heterocycles. The Morgan fingerprint density at radius 3 is 2.33 bits per heavy atom. The number of nitrogens with zero attached hydrogens (tertiary/aromatic N) is 2. The molecule has 0 amide bonds. The van der Waals surface area contributed by atoms with Crippen LogP contribution in [0.2, 0.25) is 0 Å². The van der Waals surface area contributed by atoms with Gasteiger partial charge in [0, 0.05) is 39.8 Å². The van der Waals surface area contributed by atoms with Crippen LogP contribution in [0.1, 0.15) is 62.5 Å². The van der Waals surface area contributed by atoms with E-state index in [0.717, 1.165) is 58.1 Å². The first-order valence-electron chi connectivity index (χ1n) is 11.8. The van der Waals surface area contributed by atoms with Crippen molar-refractivity contribution >= 4 is 5.96 Å². The maximum Gasteiger partial charge on any atom is 0.191 e. The number of piperidine rings is 1. The number of ether oxygens (including phenoxy) is 1. The zero-order valence-electron chi connectivity index (χ0n) is 18.6. The highest BCUT2D eigenvalue weighted by Gasteiger charge is 2.16. The number of likely N-dealkylation sites (tertiary alicyclic amines) is 1. The highest BCUT2D eigenvalue weighted by Crippen LogP contribution is 2.19. The molecule has 2 fully saturated rings. The lowest BCUT2D eigenvalue weighted by atomic mass is 10.1. The van der Waals surface area contributed by atoms with Crippen LogP contribution in [-0.2, 0) is 17.8 Å². The van der Waals surface area contributed by atoms with E-state index >= 15 is 0 Å². The first kappa shape index (κ1) is 23.0. The van der Waals surface area contributed by atoms with Crippen molar-refractivity contribution in [3.63, 3.8) is 0 Å². The Bertz CT molecular complexity index is 619. The number of aliphatic hydroxyl groups excluding tert-OH is 1. The van der Waals surface area contributed by atoms with E-state index in [4.69, 9.17) is 4.74 Å². The number of hydrogen-bond acceptors (Lipinski definition) is 4. The van der Waals surface area contributed by atoms with Crippen molar-refractivity contribution in [2.24, 2.45) is 4.99 Å². The van der Waals surface area contributed by atoms with E-state index in [9.17, 15) is 5.11 Å². The fraction of sp³-hybridized carbons (Fsp3) is 0.708. The number of hydrogen-bond donors (Lipinski definition) is 3. The van der Waals surface area contributed by atoms with E-state index in [-0.39, 0.29) is 6.10 Å². The van der Waals surface area contributed by atoms with Crippen LogP contribution in [0.5, 0.6) is 0 Å². The van der Waals surface area contributed by atoms with Crippen molar-refractivity contribution in [1.29, 1.82) is 0 Å². The van der Waals surface area contributed by atoms with Crippen LogP contribution < -0.4 is 10.6 Å². The molecule has 2 aliphatic rings. The van der Waals surface area contributed by atoms with Gasteiger partial charge in [0.1, 0.15) is 0 Å². The summed E-state index contributed by atoms with van der Waals surface area (Å²) in [7, 11) is 1.81. The first-order valence-corrected chi connectivity index (χ1v) is 11.8. The minimum Gasteiger partial charge on any atom is -0.393 e. The third-order valence-electron chi connectivity index (χ3n) is 6.22. The lowest BCUT2D eigenvalue weighted by Crippen LogP contribution is -2.39. The molecule has 6 nitrogen and oxygen atoms in total. The van der Waals surface area contributed by atoms with Crippen molar-refractivity contribution in [3.05, 3.63) is 35.4 Å². The minimum atomic E-state index is -0.110. The van der Waals surface area contributed by atoms with Crippen molar-refractivity contribution in [2.75, 3.05) is 33.3 Å². The molecular formula is C24H40N4O2.